The first kappa shape index (κ1) is 14.1. The SMILES string of the molecule is COc1ccc2[nH]c(-c3nc(C)nn3CC(=O)O)c(C)c2c1. The Morgan fingerprint density at radius 3 is 2.86 bits per heavy atom. The third-order valence-electron chi connectivity index (χ3n) is 3.55. The number of rotatable bonds is 4. The topological polar surface area (TPSA) is 93.0 Å². The Balaban J connectivity index is 2.18. The maximum Gasteiger partial charge on any atom is 0.325 e. The van der Waals surface area contributed by atoms with Gasteiger partial charge in [-0.05, 0) is 37.6 Å². The highest BCUT2D eigenvalue weighted by Crippen LogP contribution is 2.31. The molecule has 3 rings (SSSR count). The van der Waals surface area contributed by atoms with E-state index in [4.69, 9.17) is 9.84 Å². The third-order valence-corrected chi connectivity index (χ3v) is 3.55. The number of aromatic nitrogens is 4. The number of H-pyrrole nitrogens is 1. The van der Waals surface area contributed by atoms with Gasteiger partial charge in [-0.25, -0.2) is 9.67 Å². The minimum atomic E-state index is -0.957. The van der Waals surface area contributed by atoms with Gasteiger partial charge in [0.25, 0.3) is 0 Å². The van der Waals surface area contributed by atoms with E-state index in [1.807, 2.05) is 25.1 Å². The second kappa shape index (κ2) is 5.18. The fourth-order valence-electron chi connectivity index (χ4n) is 2.53. The van der Waals surface area contributed by atoms with E-state index in [0.29, 0.717) is 11.6 Å². The summed E-state index contributed by atoms with van der Waals surface area (Å²) in [6.07, 6.45) is 0. The van der Waals surface area contributed by atoms with Crippen molar-refractivity contribution in [2.45, 2.75) is 20.4 Å². The van der Waals surface area contributed by atoms with E-state index in [9.17, 15) is 4.79 Å². The summed E-state index contributed by atoms with van der Waals surface area (Å²) in [6.45, 7) is 3.47. The summed E-state index contributed by atoms with van der Waals surface area (Å²) < 4.78 is 6.64. The molecule has 2 aromatic heterocycles. The van der Waals surface area contributed by atoms with Crippen molar-refractivity contribution in [3.05, 3.63) is 29.6 Å². The van der Waals surface area contributed by atoms with Crippen LogP contribution in [0.4, 0.5) is 0 Å². The fourth-order valence-corrected chi connectivity index (χ4v) is 2.53. The quantitative estimate of drug-likeness (QED) is 0.770. The molecule has 0 fully saturated rings. The van der Waals surface area contributed by atoms with E-state index < -0.39 is 5.97 Å². The van der Waals surface area contributed by atoms with Crippen LogP contribution in [0.15, 0.2) is 18.2 Å². The minimum absolute atomic E-state index is 0.228. The summed E-state index contributed by atoms with van der Waals surface area (Å²) in [5, 5.41) is 14.2. The van der Waals surface area contributed by atoms with Crippen LogP contribution >= 0.6 is 0 Å². The lowest BCUT2D eigenvalue weighted by atomic mass is 10.1. The maximum atomic E-state index is 11.0. The molecular formula is C15H16N4O3. The van der Waals surface area contributed by atoms with E-state index >= 15 is 0 Å². The molecule has 1 aromatic carbocycles. The molecule has 22 heavy (non-hydrogen) atoms. The molecule has 2 N–H and O–H groups in total. The first-order valence-corrected chi connectivity index (χ1v) is 6.79. The van der Waals surface area contributed by atoms with Crippen molar-refractivity contribution in [2.75, 3.05) is 7.11 Å². The van der Waals surface area contributed by atoms with Crippen LogP contribution in [-0.4, -0.2) is 37.9 Å². The van der Waals surface area contributed by atoms with Crippen LogP contribution in [0.5, 0.6) is 5.75 Å². The predicted molar refractivity (Wildman–Crippen MR) is 81.0 cm³/mol. The maximum absolute atomic E-state index is 11.0. The Hall–Kier alpha value is -2.83. The standard InChI is InChI=1S/C15H16N4O3/c1-8-11-6-10(22-3)4-5-12(11)17-14(8)15-16-9(2)18-19(15)7-13(20)21/h4-6,17H,7H2,1-3H3,(H,20,21). The summed E-state index contributed by atoms with van der Waals surface area (Å²) in [7, 11) is 1.62. The third kappa shape index (κ3) is 2.30. The summed E-state index contributed by atoms with van der Waals surface area (Å²) in [6, 6.07) is 5.74. The second-order valence-corrected chi connectivity index (χ2v) is 5.07. The first-order chi connectivity index (χ1) is 10.5. The smallest absolute Gasteiger partial charge is 0.325 e. The van der Waals surface area contributed by atoms with Crippen LogP contribution < -0.4 is 4.74 Å². The van der Waals surface area contributed by atoms with Crippen LogP contribution in [0.2, 0.25) is 0 Å². The Labute approximate surface area is 126 Å². The number of carboxylic acid groups (broad SMARTS) is 1. The van der Waals surface area contributed by atoms with Gasteiger partial charge >= 0.3 is 5.97 Å². The normalized spacial score (nSPS) is 11.0. The van der Waals surface area contributed by atoms with Crippen LogP contribution in [-0.2, 0) is 11.3 Å². The van der Waals surface area contributed by atoms with Crippen molar-refractivity contribution in [1.82, 2.24) is 19.7 Å². The molecule has 2 heterocycles. The van der Waals surface area contributed by atoms with Gasteiger partial charge in [-0.3, -0.25) is 4.79 Å². The molecule has 3 aromatic rings. The monoisotopic (exact) mass is 300 g/mol. The molecule has 0 radical (unpaired) electrons. The van der Waals surface area contributed by atoms with Gasteiger partial charge in [0.2, 0.25) is 0 Å². The van der Waals surface area contributed by atoms with Gasteiger partial charge < -0.3 is 14.8 Å². The molecule has 0 amide bonds. The van der Waals surface area contributed by atoms with Crippen molar-refractivity contribution in [3.8, 4) is 17.3 Å². The van der Waals surface area contributed by atoms with Crippen molar-refractivity contribution in [2.24, 2.45) is 0 Å². The van der Waals surface area contributed by atoms with Gasteiger partial charge in [-0.1, -0.05) is 0 Å². The Morgan fingerprint density at radius 1 is 1.41 bits per heavy atom. The highest BCUT2D eigenvalue weighted by Gasteiger charge is 2.18. The molecule has 114 valence electrons. The summed E-state index contributed by atoms with van der Waals surface area (Å²) in [5.41, 5.74) is 2.69. The lowest BCUT2D eigenvalue weighted by Crippen LogP contribution is -2.12. The van der Waals surface area contributed by atoms with Gasteiger partial charge in [-0.15, -0.1) is 0 Å². The summed E-state index contributed by atoms with van der Waals surface area (Å²) in [5.74, 6) is 0.866. The molecule has 0 bridgehead atoms. The zero-order valence-electron chi connectivity index (χ0n) is 12.5. The average molecular weight is 300 g/mol. The number of ether oxygens (including phenoxy) is 1. The van der Waals surface area contributed by atoms with Gasteiger partial charge in [-0.2, -0.15) is 5.10 Å². The molecule has 0 spiro atoms. The van der Waals surface area contributed by atoms with Crippen LogP contribution in [0.25, 0.3) is 22.4 Å². The first-order valence-electron chi connectivity index (χ1n) is 6.79. The number of aromatic amines is 1. The second-order valence-electron chi connectivity index (χ2n) is 5.07. The number of aliphatic carboxylic acids is 1. The fraction of sp³-hybridized carbons (Fsp3) is 0.267. The number of carbonyl (C=O) groups is 1. The van der Waals surface area contributed by atoms with Crippen molar-refractivity contribution < 1.29 is 14.6 Å². The van der Waals surface area contributed by atoms with Crippen LogP contribution in [0, 0.1) is 13.8 Å². The molecule has 0 saturated carbocycles. The predicted octanol–water partition coefficient (Wildman–Crippen LogP) is 2.14. The molecular weight excluding hydrogens is 284 g/mol. The van der Waals surface area contributed by atoms with Gasteiger partial charge in [0.15, 0.2) is 5.82 Å². The number of nitrogens with zero attached hydrogens (tertiary/aromatic N) is 3. The summed E-state index contributed by atoms with van der Waals surface area (Å²) >= 11 is 0. The average Bonchev–Trinajstić information content (AvgIpc) is 2.98. The molecule has 0 unspecified atom stereocenters. The largest absolute Gasteiger partial charge is 0.497 e. The van der Waals surface area contributed by atoms with E-state index in [2.05, 4.69) is 15.1 Å². The Morgan fingerprint density at radius 2 is 2.18 bits per heavy atom. The molecule has 7 heteroatoms. The zero-order chi connectivity index (χ0) is 15.9. The number of methoxy groups -OCH3 is 1. The number of fused-ring (bicyclic) bond motifs is 1. The van der Waals surface area contributed by atoms with Crippen molar-refractivity contribution in [1.29, 1.82) is 0 Å². The highest BCUT2D eigenvalue weighted by molar-refractivity contribution is 5.90. The van der Waals surface area contributed by atoms with E-state index in [1.165, 1.54) is 4.68 Å². The lowest BCUT2D eigenvalue weighted by Gasteiger charge is -2.02. The number of hydrogen-bond acceptors (Lipinski definition) is 4. The van der Waals surface area contributed by atoms with E-state index in [-0.39, 0.29) is 6.54 Å². The molecule has 0 atom stereocenters. The lowest BCUT2D eigenvalue weighted by molar-refractivity contribution is -0.137. The minimum Gasteiger partial charge on any atom is -0.497 e. The van der Waals surface area contributed by atoms with Crippen molar-refractivity contribution >= 4 is 16.9 Å². The molecule has 0 saturated heterocycles. The van der Waals surface area contributed by atoms with Crippen LogP contribution in [0.1, 0.15) is 11.4 Å². The van der Waals surface area contributed by atoms with E-state index in [1.54, 1.807) is 14.0 Å². The van der Waals surface area contributed by atoms with Crippen LogP contribution in [0.3, 0.4) is 0 Å². The number of nitrogens with one attached hydrogen (secondary N) is 1. The zero-order valence-corrected chi connectivity index (χ0v) is 12.5. The van der Waals surface area contributed by atoms with Crippen molar-refractivity contribution in [3.63, 3.8) is 0 Å². The number of benzene rings is 1. The summed E-state index contributed by atoms with van der Waals surface area (Å²) in [4.78, 5) is 18.6. The van der Waals surface area contributed by atoms with E-state index in [0.717, 1.165) is 27.9 Å². The molecule has 7 nitrogen and oxygen atoms in total. The Bertz CT molecular complexity index is 863. The van der Waals surface area contributed by atoms with Gasteiger partial charge in [0, 0.05) is 10.9 Å². The highest BCUT2D eigenvalue weighted by atomic mass is 16.5. The number of hydrogen-bond donors (Lipinski definition) is 2. The Kier molecular flexibility index (Phi) is 3.32. The van der Waals surface area contributed by atoms with Gasteiger partial charge in [0.05, 0.1) is 12.8 Å². The molecule has 0 aliphatic heterocycles. The molecule has 0 aliphatic rings. The number of carboxylic acids is 1. The number of aryl methyl sites for hydroxylation is 2. The van der Waals surface area contributed by atoms with Gasteiger partial charge in [0.1, 0.15) is 18.1 Å². The molecule has 0 aliphatic carbocycles.